The monoisotopic (exact) mass is 473 g/mol. The Morgan fingerprint density at radius 1 is 0.962 bits per heavy atom. The third-order valence-corrected chi connectivity index (χ3v) is 6.10. The maximum absolute atomic E-state index is 13.2. The molecule has 1 atom stereocenters. The lowest BCUT2D eigenvalue weighted by Gasteiger charge is -2.37. The minimum Gasteiger partial charge on any atom is -0.321 e. The molecule has 0 N–H and O–H groups in total. The van der Waals surface area contributed by atoms with E-state index >= 15 is 0 Å². The normalized spacial score (nSPS) is 18.9. The molecule has 0 aromatic heterocycles. The van der Waals surface area contributed by atoms with E-state index in [0.29, 0.717) is 11.6 Å². The molecular weight excluding hydrogens is 457 g/mol. The molecule has 2 nitrogen and oxygen atoms in total. The summed E-state index contributed by atoms with van der Waals surface area (Å²) in [7, 11) is 0. The van der Waals surface area contributed by atoms with Crippen molar-refractivity contribution in [1.29, 1.82) is 0 Å². The molecule has 4 heteroatoms. The SMILES string of the molecule is CC1(c2ccc(Cl)cc2)c2ccccc2C(=O)N1Cc1ccc(I)cc1. The first-order valence-electron chi connectivity index (χ1n) is 8.42. The van der Waals surface area contributed by atoms with Crippen molar-refractivity contribution in [3.05, 3.63) is 104 Å². The van der Waals surface area contributed by atoms with Crippen molar-refractivity contribution < 1.29 is 4.79 Å². The van der Waals surface area contributed by atoms with Crippen molar-refractivity contribution >= 4 is 40.1 Å². The highest BCUT2D eigenvalue weighted by Crippen LogP contribution is 2.44. The summed E-state index contributed by atoms with van der Waals surface area (Å²) in [6, 6.07) is 24.0. The lowest BCUT2D eigenvalue weighted by atomic mass is 9.84. The predicted octanol–water partition coefficient (Wildman–Crippen LogP) is 5.86. The number of rotatable bonds is 3. The van der Waals surface area contributed by atoms with E-state index in [9.17, 15) is 4.79 Å². The Bertz CT molecular complexity index is 968. The lowest BCUT2D eigenvalue weighted by molar-refractivity contribution is 0.0630. The summed E-state index contributed by atoms with van der Waals surface area (Å²) in [5.41, 5.74) is 3.46. The molecule has 3 aromatic rings. The molecule has 0 aliphatic carbocycles. The summed E-state index contributed by atoms with van der Waals surface area (Å²) in [6.07, 6.45) is 0. The Morgan fingerprint density at radius 3 is 2.31 bits per heavy atom. The zero-order chi connectivity index (χ0) is 18.3. The second-order valence-electron chi connectivity index (χ2n) is 6.64. The minimum atomic E-state index is -0.527. The Balaban J connectivity index is 1.84. The van der Waals surface area contributed by atoms with Crippen LogP contribution in [0.4, 0.5) is 0 Å². The largest absolute Gasteiger partial charge is 0.321 e. The average Bonchev–Trinajstić information content (AvgIpc) is 2.87. The van der Waals surface area contributed by atoms with Crippen LogP contribution in [0.3, 0.4) is 0 Å². The molecule has 0 saturated heterocycles. The van der Waals surface area contributed by atoms with Gasteiger partial charge in [-0.1, -0.05) is 54.1 Å². The molecule has 1 unspecified atom stereocenters. The van der Waals surface area contributed by atoms with E-state index in [1.165, 1.54) is 3.57 Å². The summed E-state index contributed by atoms with van der Waals surface area (Å²) in [4.78, 5) is 15.2. The molecule has 26 heavy (non-hydrogen) atoms. The summed E-state index contributed by atoms with van der Waals surface area (Å²) < 4.78 is 1.18. The highest BCUT2D eigenvalue weighted by atomic mass is 127. The van der Waals surface area contributed by atoms with Crippen molar-refractivity contribution in [3.63, 3.8) is 0 Å². The first-order chi connectivity index (χ1) is 12.5. The fraction of sp³-hybridized carbons (Fsp3) is 0.136. The molecule has 1 aliphatic heterocycles. The summed E-state index contributed by atoms with van der Waals surface area (Å²) >= 11 is 8.38. The first-order valence-corrected chi connectivity index (χ1v) is 9.88. The zero-order valence-corrected chi connectivity index (χ0v) is 17.2. The standard InChI is InChI=1S/C22H17ClINO/c1-22(16-8-10-17(23)11-9-16)20-5-3-2-4-19(20)21(26)25(22)14-15-6-12-18(24)13-7-15/h2-13H,14H2,1H3. The van der Waals surface area contributed by atoms with Crippen LogP contribution in [0.5, 0.6) is 0 Å². The summed E-state index contributed by atoms with van der Waals surface area (Å²) in [6.45, 7) is 2.68. The van der Waals surface area contributed by atoms with Crippen LogP contribution in [0.2, 0.25) is 5.02 Å². The molecule has 0 saturated carbocycles. The highest BCUT2D eigenvalue weighted by Gasteiger charge is 2.47. The van der Waals surface area contributed by atoms with Gasteiger partial charge in [0, 0.05) is 20.7 Å². The van der Waals surface area contributed by atoms with E-state index in [4.69, 9.17) is 11.6 Å². The molecule has 1 amide bonds. The molecule has 1 heterocycles. The van der Waals surface area contributed by atoms with Gasteiger partial charge in [0.05, 0.1) is 5.54 Å². The molecule has 3 aromatic carbocycles. The summed E-state index contributed by atoms with van der Waals surface area (Å²) in [5.74, 6) is 0.0663. The fourth-order valence-electron chi connectivity index (χ4n) is 3.68. The molecule has 0 radical (unpaired) electrons. The van der Waals surface area contributed by atoms with E-state index in [2.05, 4.69) is 59.8 Å². The number of hydrogen-bond donors (Lipinski definition) is 0. The van der Waals surface area contributed by atoms with Gasteiger partial charge in [-0.15, -0.1) is 0 Å². The fourth-order valence-corrected chi connectivity index (χ4v) is 4.16. The van der Waals surface area contributed by atoms with Gasteiger partial charge in [0.1, 0.15) is 0 Å². The van der Waals surface area contributed by atoms with Gasteiger partial charge in [0.15, 0.2) is 0 Å². The van der Waals surface area contributed by atoms with Crippen LogP contribution in [0.15, 0.2) is 72.8 Å². The highest BCUT2D eigenvalue weighted by molar-refractivity contribution is 14.1. The molecule has 130 valence electrons. The van der Waals surface area contributed by atoms with Gasteiger partial charge in [-0.2, -0.15) is 0 Å². The minimum absolute atomic E-state index is 0.0663. The van der Waals surface area contributed by atoms with Gasteiger partial charge in [0.2, 0.25) is 0 Å². The third kappa shape index (κ3) is 2.83. The van der Waals surface area contributed by atoms with E-state index < -0.39 is 5.54 Å². The van der Waals surface area contributed by atoms with Crippen molar-refractivity contribution in [2.45, 2.75) is 19.0 Å². The van der Waals surface area contributed by atoms with Crippen LogP contribution in [-0.2, 0) is 12.1 Å². The topological polar surface area (TPSA) is 20.3 Å². The third-order valence-electron chi connectivity index (χ3n) is 5.13. The smallest absolute Gasteiger partial charge is 0.255 e. The van der Waals surface area contributed by atoms with E-state index in [-0.39, 0.29) is 5.91 Å². The lowest BCUT2D eigenvalue weighted by Crippen LogP contribution is -2.41. The number of benzene rings is 3. The van der Waals surface area contributed by atoms with Crippen LogP contribution in [0, 0.1) is 3.57 Å². The van der Waals surface area contributed by atoms with Gasteiger partial charge in [0.25, 0.3) is 5.91 Å². The van der Waals surface area contributed by atoms with Gasteiger partial charge >= 0.3 is 0 Å². The van der Waals surface area contributed by atoms with Crippen molar-refractivity contribution in [1.82, 2.24) is 4.90 Å². The zero-order valence-electron chi connectivity index (χ0n) is 14.2. The second-order valence-corrected chi connectivity index (χ2v) is 8.32. The van der Waals surface area contributed by atoms with Crippen molar-refractivity contribution in [3.8, 4) is 0 Å². The van der Waals surface area contributed by atoms with E-state index in [1.807, 2.05) is 47.4 Å². The number of carbonyl (C=O) groups is 1. The van der Waals surface area contributed by atoms with Crippen LogP contribution < -0.4 is 0 Å². The number of halogens is 2. The molecule has 4 rings (SSSR count). The maximum Gasteiger partial charge on any atom is 0.255 e. The van der Waals surface area contributed by atoms with Crippen molar-refractivity contribution in [2.75, 3.05) is 0 Å². The van der Waals surface area contributed by atoms with Crippen LogP contribution in [0.1, 0.15) is 34.0 Å². The van der Waals surface area contributed by atoms with Gasteiger partial charge in [-0.3, -0.25) is 4.79 Å². The summed E-state index contributed by atoms with van der Waals surface area (Å²) in [5, 5.41) is 0.694. The molecule has 0 spiro atoms. The van der Waals surface area contributed by atoms with Crippen LogP contribution in [0.25, 0.3) is 0 Å². The maximum atomic E-state index is 13.2. The van der Waals surface area contributed by atoms with Crippen LogP contribution in [-0.4, -0.2) is 10.8 Å². The van der Waals surface area contributed by atoms with Crippen molar-refractivity contribution in [2.24, 2.45) is 0 Å². The second kappa shape index (κ2) is 6.71. The molecular formula is C22H17ClINO. The number of carbonyl (C=O) groups excluding carboxylic acids is 1. The first kappa shape index (κ1) is 17.6. The number of fused-ring (bicyclic) bond motifs is 1. The Hall–Kier alpha value is -1.85. The van der Waals surface area contributed by atoms with Gasteiger partial charge < -0.3 is 4.90 Å². The number of nitrogens with zero attached hydrogens (tertiary/aromatic N) is 1. The Morgan fingerprint density at radius 2 is 1.62 bits per heavy atom. The van der Waals surface area contributed by atoms with E-state index in [1.54, 1.807) is 0 Å². The molecule has 1 aliphatic rings. The number of hydrogen-bond acceptors (Lipinski definition) is 1. The molecule has 0 bridgehead atoms. The number of amides is 1. The average molecular weight is 474 g/mol. The molecule has 0 fully saturated rings. The van der Waals surface area contributed by atoms with Gasteiger partial charge in [-0.25, -0.2) is 0 Å². The van der Waals surface area contributed by atoms with Gasteiger partial charge in [-0.05, 0) is 76.5 Å². The predicted molar refractivity (Wildman–Crippen MR) is 113 cm³/mol. The Labute approximate surface area is 171 Å². The van der Waals surface area contributed by atoms with Crippen LogP contribution >= 0.6 is 34.2 Å². The Kier molecular flexibility index (Phi) is 4.53. The quantitative estimate of drug-likeness (QED) is 0.436. The van der Waals surface area contributed by atoms with E-state index in [0.717, 1.165) is 22.3 Å².